The maximum atomic E-state index is 9.63. The minimum absolute atomic E-state index is 0.166. The second-order valence-electron chi connectivity index (χ2n) is 10.1. The molecule has 2 unspecified atom stereocenters. The van der Waals surface area contributed by atoms with Crippen molar-refractivity contribution in [1.82, 2.24) is 14.6 Å². The van der Waals surface area contributed by atoms with Gasteiger partial charge in [-0.25, -0.2) is 9.76 Å². The van der Waals surface area contributed by atoms with Crippen LogP contribution < -0.4 is 5.32 Å². The number of nitrogens with one attached hydrogen (secondary N) is 2. The van der Waals surface area contributed by atoms with Crippen molar-refractivity contribution >= 4 is 21.3 Å². The summed E-state index contributed by atoms with van der Waals surface area (Å²) in [7, 11) is -4.43. The molecule has 2 atom stereocenters. The number of anilines is 1. The van der Waals surface area contributed by atoms with E-state index in [1.54, 1.807) is 6.20 Å². The lowest BCUT2D eigenvalue weighted by molar-refractivity contribution is -0.0212. The minimum Gasteiger partial charge on any atom is -0.371 e. The summed E-state index contributed by atoms with van der Waals surface area (Å²) in [5.41, 5.74) is 3.32. The SMILES string of the molecule is CCCOC(C)(C)c1cccc(-c2cc3nccc(NC4CCC(COS(C)(=N)(O)O)C4)n3n2)c1. The van der Waals surface area contributed by atoms with E-state index in [1.165, 1.54) is 0 Å². The van der Waals surface area contributed by atoms with Gasteiger partial charge in [0.2, 0.25) is 0 Å². The van der Waals surface area contributed by atoms with Crippen LogP contribution in [0.3, 0.4) is 0 Å². The normalized spacial score (nSPS) is 20.1. The summed E-state index contributed by atoms with van der Waals surface area (Å²) in [5, 5.41) is 8.41. The largest absolute Gasteiger partial charge is 0.371 e. The van der Waals surface area contributed by atoms with E-state index in [0.717, 1.165) is 60.2 Å². The summed E-state index contributed by atoms with van der Waals surface area (Å²) in [4.78, 5) is 4.50. The van der Waals surface area contributed by atoms with E-state index in [4.69, 9.17) is 18.8 Å². The molecule has 1 fully saturated rings. The van der Waals surface area contributed by atoms with Gasteiger partial charge in [0, 0.05) is 36.7 Å². The summed E-state index contributed by atoms with van der Waals surface area (Å²) in [6.07, 6.45) is 6.40. The van der Waals surface area contributed by atoms with E-state index in [0.29, 0.717) is 6.61 Å². The molecular formula is C25H37N5O4S. The molecule has 2 heterocycles. The van der Waals surface area contributed by atoms with Gasteiger partial charge in [0.15, 0.2) is 5.65 Å². The van der Waals surface area contributed by atoms with Crippen LogP contribution in [0.15, 0.2) is 42.6 Å². The molecule has 0 radical (unpaired) electrons. The molecule has 9 nitrogen and oxygen atoms in total. The topological polar surface area (TPSA) is 125 Å². The Morgan fingerprint density at radius 1 is 1.23 bits per heavy atom. The van der Waals surface area contributed by atoms with E-state index >= 15 is 0 Å². The third-order valence-corrected chi connectivity index (χ3v) is 7.06. The first kappa shape index (κ1) is 25.7. The van der Waals surface area contributed by atoms with Gasteiger partial charge in [-0.1, -0.05) is 25.1 Å². The van der Waals surface area contributed by atoms with E-state index < -0.39 is 9.80 Å². The van der Waals surface area contributed by atoms with Crippen LogP contribution in [0.1, 0.15) is 52.0 Å². The van der Waals surface area contributed by atoms with Gasteiger partial charge in [-0.15, -0.1) is 0 Å². The van der Waals surface area contributed by atoms with E-state index in [2.05, 4.69) is 43.2 Å². The zero-order valence-electron chi connectivity index (χ0n) is 20.9. The lowest BCUT2D eigenvalue weighted by Crippen LogP contribution is -2.32. The molecule has 0 spiro atoms. The highest BCUT2D eigenvalue weighted by Gasteiger charge is 2.28. The highest BCUT2D eigenvalue weighted by atomic mass is 32.3. The highest BCUT2D eigenvalue weighted by Crippen LogP contribution is 2.32. The second-order valence-corrected chi connectivity index (χ2v) is 12.8. The van der Waals surface area contributed by atoms with Crippen LogP contribution in [-0.2, 0) is 24.3 Å². The predicted molar refractivity (Wildman–Crippen MR) is 140 cm³/mol. The van der Waals surface area contributed by atoms with Gasteiger partial charge in [0.1, 0.15) is 5.82 Å². The number of fused-ring (bicyclic) bond motifs is 1. The zero-order chi connectivity index (χ0) is 25.3. The quantitative estimate of drug-likeness (QED) is 0.284. The lowest BCUT2D eigenvalue weighted by atomic mass is 9.95. The number of nitrogens with zero attached hydrogens (tertiary/aromatic N) is 3. The molecule has 10 heteroatoms. The Kier molecular flexibility index (Phi) is 7.05. The van der Waals surface area contributed by atoms with Crippen molar-refractivity contribution in [2.75, 3.05) is 24.8 Å². The number of hydrogen-bond donors (Lipinski definition) is 4. The molecule has 1 aliphatic carbocycles. The van der Waals surface area contributed by atoms with Crippen molar-refractivity contribution in [3.8, 4) is 11.3 Å². The van der Waals surface area contributed by atoms with Crippen molar-refractivity contribution in [1.29, 1.82) is 4.78 Å². The fourth-order valence-corrected chi connectivity index (χ4v) is 4.98. The van der Waals surface area contributed by atoms with Gasteiger partial charge in [0.25, 0.3) is 0 Å². The Balaban J connectivity index is 1.50. The third-order valence-electron chi connectivity index (χ3n) is 6.36. The molecule has 35 heavy (non-hydrogen) atoms. The molecule has 1 aromatic carbocycles. The summed E-state index contributed by atoms with van der Waals surface area (Å²) in [6.45, 7) is 7.15. The molecule has 4 N–H and O–H groups in total. The molecule has 0 aliphatic heterocycles. The van der Waals surface area contributed by atoms with Gasteiger partial charge in [-0.05, 0) is 63.1 Å². The standard InChI is InChI=1S/C25H37N5O4S/c1-5-13-33-25(2,3)20-8-6-7-19(15-20)22-16-24-27-12-11-23(30(24)29-22)28-21-10-9-18(14-21)17-34-35(4,26,31)32/h6-8,11-12,15-16,18,21,28H,5,9-10,13-14,17H2,1-4H3,(H3,26,31,32). The van der Waals surface area contributed by atoms with Gasteiger partial charge < -0.3 is 19.2 Å². The van der Waals surface area contributed by atoms with E-state index in [9.17, 15) is 9.11 Å². The van der Waals surface area contributed by atoms with E-state index in [-0.39, 0.29) is 24.2 Å². The molecule has 0 saturated heterocycles. The van der Waals surface area contributed by atoms with Crippen molar-refractivity contribution in [2.24, 2.45) is 5.92 Å². The van der Waals surface area contributed by atoms with Gasteiger partial charge in [-0.3, -0.25) is 4.18 Å². The van der Waals surface area contributed by atoms with Crippen molar-refractivity contribution < 1.29 is 18.0 Å². The summed E-state index contributed by atoms with van der Waals surface area (Å²) in [6, 6.07) is 12.4. The molecule has 1 aliphatic rings. The van der Waals surface area contributed by atoms with Crippen molar-refractivity contribution in [3.63, 3.8) is 0 Å². The maximum absolute atomic E-state index is 9.63. The molecule has 0 bridgehead atoms. The highest BCUT2D eigenvalue weighted by molar-refractivity contribution is 8.06. The first-order chi connectivity index (χ1) is 16.4. The smallest absolute Gasteiger partial charge is 0.157 e. The number of ether oxygens (including phenoxy) is 1. The van der Waals surface area contributed by atoms with Crippen LogP contribution in [0.2, 0.25) is 0 Å². The average molecular weight is 504 g/mol. The molecule has 3 aromatic rings. The van der Waals surface area contributed by atoms with Crippen molar-refractivity contribution in [3.05, 3.63) is 48.2 Å². The monoisotopic (exact) mass is 503 g/mol. The Hall–Kier alpha value is -2.37. The number of rotatable bonds is 10. The number of aromatic nitrogens is 3. The lowest BCUT2D eigenvalue weighted by Gasteiger charge is -2.30. The molecule has 1 saturated carbocycles. The molecule has 2 aromatic heterocycles. The predicted octanol–water partition coefficient (Wildman–Crippen LogP) is 5.60. The Labute approximate surface area is 206 Å². The Morgan fingerprint density at radius 2 is 2.03 bits per heavy atom. The summed E-state index contributed by atoms with van der Waals surface area (Å²) < 4.78 is 39.7. The van der Waals surface area contributed by atoms with Gasteiger partial charge >= 0.3 is 0 Å². The van der Waals surface area contributed by atoms with Crippen molar-refractivity contribution in [2.45, 2.75) is 58.1 Å². The van der Waals surface area contributed by atoms with Gasteiger partial charge in [-0.2, -0.15) is 9.61 Å². The second kappa shape index (κ2) is 9.59. The number of benzene rings is 1. The fourth-order valence-electron chi connectivity index (χ4n) is 4.46. The van der Waals surface area contributed by atoms with Crippen LogP contribution in [0.25, 0.3) is 16.9 Å². The third kappa shape index (κ3) is 6.65. The number of hydrogen-bond acceptors (Lipinski definition) is 6. The molecule has 4 rings (SSSR count). The first-order valence-corrected chi connectivity index (χ1v) is 14.4. The Bertz CT molecular complexity index is 1240. The Morgan fingerprint density at radius 3 is 2.77 bits per heavy atom. The zero-order valence-corrected chi connectivity index (χ0v) is 21.7. The van der Waals surface area contributed by atoms with E-state index in [1.807, 2.05) is 28.8 Å². The van der Waals surface area contributed by atoms with Crippen LogP contribution in [0.5, 0.6) is 0 Å². The summed E-state index contributed by atoms with van der Waals surface area (Å²) in [5.74, 6) is 1.02. The average Bonchev–Trinajstić information content (AvgIpc) is 3.43. The maximum Gasteiger partial charge on any atom is 0.157 e. The van der Waals surface area contributed by atoms with Crippen LogP contribution >= 0.6 is 0 Å². The van der Waals surface area contributed by atoms with Gasteiger partial charge in [0.05, 0.1) is 27.7 Å². The van der Waals surface area contributed by atoms with Crippen LogP contribution in [0, 0.1) is 10.7 Å². The summed E-state index contributed by atoms with van der Waals surface area (Å²) >= 11 is 0. The fraction of sp³-hybridized carbons (Fsp3) is 0.520. The molecular weight excluding hydrogens is 466 g/mol. The van der Waals surface area contributed by atoms with Crippen LogP contribution in [0.4, 0.5) is 5.82 Å². The molecule has 0 amide bonds. The van der Waals surface area contributed by atoms with Crippen LogP contribution in [-0.4, -0.2) is 49.2 Å². The minimum atomic E-state index is -4.43. The molecule has 192 valence electrons. The first-order valence-electron chi connectivity index (χ1n) is 12.1.